The van der Waals surface area contributed by atoms with Crippen molar-refractivity contribution in [2.45, 2.75) is 33.2 Å². The van der Waals surface area contributed by atoms with E-state index < -0.39 is 11.2 Å². The standard InChI is InChI=1S/C15H24N4O3/c1-9(2)6-19-13(16)12(14(21)17-15(19)22)11(20)8-18(3)7-10-4-5-10/h9-10H,4-8,16H2,1-3H3,(H,17,21,22). The number of aromatic nitrogens is 2. The number of nitrogens with zero attached hydrogens (tertiary/aromatic N) is 2. The summed E-state index contributed by atoms with van der Waals surface area (Å²) in [5, 5.41) is 0. The summed E-state index contributed by atoms with van der Waals surface area (Å²) in [6.07, 6.45) is 2.39. The van der Waals surface area contributed by atoms with Crippen LogP contribution in [0.5, 0.6) is 0 Å². The Balaban J connectivity index is 2.26. The number of H-pyrrole nitrogens is 1. The lowest BCUT2D eigenvalue weighted by atomic mass is 10.1. The SMILES string of the molecule is CC(C)Cn1c(N)c(C(=O)CN(C)CC2CC2)c(=O)[nH]c1=O. The highest BCUT2D eigenvalue weighted by molar-refractivity contribution is 6.01. The van der Waals surface area contributed by atoms with Gasteiger partial charge in [-0.2, -0.15) is 0 Å². The van der Waals surface area contributed by atoms with E-state index in [1.807, 2.05) is 25.8 Å². The molecule has 0 unspecified atom stereocenters. The number of likely N-dealkylation sites (N-methyl/N-ethyl adjacent to an activating group) is 1. The van der Waals surface area contributed by atoms with Gasteiger partial charge < -0.3 is 5.73 Å². The molecule has 0 aliphatic heterocycles. The van der Waals surface area contributed by atoms with Crippen LogP contribution in [0, 0.1) is 11.8 Å². The Kier molecular flexibility index (Phi) is 4.85. The fourth-order valence-electron chi connectivity index (χ4n) is 2.53. The molecule has 0 radical (unpaired) electrons. The largest absolute Gasteiger partial charge is 0.384 e. The summed E-state index contributed by atoms with van der Waals surface area (Å²) < 4.78 is 1.26. The van der Waals surface area contributed by atoms with E-state index in [9.17, 15) is 14.4 Å². The number of hydrogen-bond donors (Lipinski definition) is 2. The number of carbonyl (C=O) groups excluding carboxylic acids is 1. The molecule has 7 heteroatoms. The topological polar surface area (TPSA) is 101 Å². The van der Waals surface area contributed by atoms with Gasteiger partial charge in [0.25, 0.3) is 5.56 Å². The van der Waals surface area contributed by atoms with Gasteiger partial charge in [0.15, 0.2) is 5.78 Å². The second kappa shape index (κ2) is 6.48. The summed E-state index contributed by atoms with van der Waals surface area (Å²) in [5.74, 6) is 0.446. The molecule has 1 fully saturated rings. The maximum Gasteiger partial charge on any atom is 0.329 e. The van der Waals surface area contributed by atoms with Crippen LogP contribution in [0.15, 0.2) is 9.59 Å². The maximum absolute atomic E-state index is 12.4. The highest BCUT2D eigenvalue weighted by Crippen LogP contribution is 2.29. The first-order valence-electron chi connectivity index (χ1n) is 7.64. The summed E-state index contributed by atoms with van der Waals surface area (Å²) in [6, 6.07) is 0. The number of nitrogens with two attached hydrogens (primary N) is 1. The van der Waals surface area contributed by atoms with Crippen LogP contribution in [0.3, 0.4) is 0 Å². The Hall–Kier alpha value is -1.89. The highest BCUT2D eigenvalue weighted by atomic mass is 16.2. The molecule has 3 N–H and O–H groups in total. The van der Waals surface area contributed by atoms with Gasteiger partial charge in [-0.05, 0) is 31.7 Å². The minimum absolute atomic E-state index is 0.0349. The average molecular weight is 308 g/mol. The van der Waals surface area contributed by atoms with Crippen LogP contribution in [0.1, 0.15) is 37.0 Å². The molecule has 122 valence electrons. The quantitative estimate of drug-likeness (QED) is 0.705. The highest BCUT2D eigenvalue weighted by Gasteiger charge is 2.25. The van der Waals surface area contributed by atoms with Crippen molar-refractivity contribution in [3.05, 3.63) is 26.4 Å². The summed E-state index contributed by atoms with van der Waals surface area (Å²) in [6.45, 7) is 5.20. The number of aromatic amines is 1. The Morgan fingerprint density at radius 2 is 2.05 bits per heavy atom. The van der Waals surface area contributed by atoms with Crippen molar-refractivity contribution in [1.29, 1.82) is 0 Å². The minimum Gasteiger partial charge on any atom is -0.384 e. The zero-order chi connectivity index (χ0) is 16.4. The third kappa shape index (κ3) is 3.85. The Morgan fingerprint density at radius 1 is 1.41 bits per heavy atom. The molecule has 1 heterocycles. The summed E-state index contributed by atoms with van der Waals surface area (Å²) in [4.78, 5) is 40.3. The molecule has 1 aromatic heterocycles. The van der Waals surface area contributed by atoms with E-state index in [2.05, 4.69) is 4.98 Å². The number of anilines is 1. The van der Waals surface area contributed by atoms with Crippen molar-refractivity contribution in [3.8, 4) is 0 Å². The van der Waals surface area contributed by atoms with Crippen molar-refractivity contribution < 1.29 is 4.79 Å². The van der Waals surface area contributed by atoms with Gasteiger partial charge in [-0.1, -0.05) is 13.8 Å². The third-order valence-corrected chi connectivity index (χ3v) is 3.75. The van der Waals surface area contributed by atoms with Gasteiger partial charge in [0, 0.05) is 13.1 Å². The van der Waals surface area contributed by atoms with E-state index in [-0.39, 0.29) is 29.6 Å². The Bertz CT molecular complexity index is 670. The number of ketones is 1. The summed E-state index contributed by atoms with van der Waals surface area (Å²) in [5.41, 5.74) is 4.55. The van der Waals surface area contributed by atoms with Gasteiger partial charge in [-0.25, -0.2) is 4.79 Å². The summed E-state index contributed by atoms with van der Waals surface area (Å²) in [7, 11) is 1.85. The molecule has 2 rings (SSSR count). The molecule has 1 aliphatic rings. The van der Waals surface area contributed by atoms with Crippen LogP contribution >= 0.6 is 0 Å². The molecule has 1 saturated carbocycles. The molecule has 0 bridgehead atoms. The van der Waals surface area contributed by atoms with E-state index >= 15 is 0 Å². The molecule has 1 aliphatic carbocycles. The number of carbonyl (C=O) groups is 1. The van der Waals surface area contributed by atoms with E-state index in [0.29, 0.717) is 12.5 Å². The molecular formula is C15H24N4O3. The second-order valence-electron chi connectivity index (χ2n) is 6.59. The van der Waals surface area contributed by atoms with Gasteiger partial charge in [0.05, 0.1) is 6.54 Å². The monoisotopic (exact) mass is 308 g/mol. The zero-order valence-corrected chi connectivity index (χ0v) is 13.4. The van der Waals surface area contributed by atoms with Gasteiger partial charge >= 0.3 is 5.69 Å². The fourth-order valence-corrected chi connectivity index (χ4v) is 2.53. The predicted octanol–water partition coefficient (Wildman–Crippen LogP) is 0.299. The zero-order valence-electron chi connectivity index (χ0n) is 13.4. The molecular weight excluding hydrogens is 284 g/mol. The van der Waals surface area contributed by atoms with Crippen LogP contribution in [-0.4, -0.2) is 40.4 Å². The van der Waals surface area contributed by atoms with Crippen LogP contribution in [-0.2, 0) is 6.54 Å². The average Bonchev–Trinajstić information content (AvgIpc) is 3.17. The van der Waals surface area contributed by atoms with E-state index in [4.69, 9.17) is 5.73 Å². The molecule has 0 saturated heterocycles. The smallest absolute Gasteiger partial charge is 0.329 e. The van der Waals surface area contributed by atoms with Crippen LogP contribution in [0.2, 0.25) is 0 Å². The van der Waals surface area contributed by atoms with Gasteiger partial charge in [0.2, 0.25) is 0 Å². The minimum atomic E-state index is -0.702. The van der Waals surface area contributed by atoms with Gasteiger partial charge in [-0.3, -0.25) is 24.0 Å². The third-order valence-electron chi connectivity index (χ3n) is 3.75. The number of Topliss-reactive ketones (excluding diaryl/α,β-unsaturated/α-hetero) is 1. The predicted molar refractivity (Wildman–Crippen MR) is 85.1 cm³/mol. The van der Waals surface area contributed by atoms with Crippen LogP contribution in [0.4, 0.5) is 5.82 Å². The normalized spacial score (nSPS) is 14.8. The maximum atomic E-state index is 12.4. The first-order chi connectivity index (χ1) is 10.3. The van der Waals surface area contributed by atoms with Crippen molar-refractivity contribution in [1.82, 2.24) is 14.5 Å². The second-order valence-corrected chi connectivity index (χ2v) is 6.59. The van der Waals surface area contributed by atoms with E-state index in [1.165, 1.54) is 17.4 Å². The number of hydrogen-bond acceptors (Lipinski definition) is 5. The van der Waals surface area contributed by atoms with Crippen LogP contribution in [0.25, 0.3) is 0 Å². The molecule has 1 aromatic rings. The first kappa shape index (κ1) is 16.5. The van der Waals surface area contributed by atoms with Crippen LogP contribution < -0.4 is 17.0 Å². The fraction of sp³-hybridized carbons (Fsp3) is 0.667. The molecule has 0 amide bonds. The van der Waals surface area contributed by atoms with Gasteiger partial charge in [0.1, 0.15) is 11.4 Å². The molecule has 22 heavy (non-hydrogen) atoms. The van der Waals surface area contributed by atoms with Crippen molar-refractivity contribution in [2.24, 2.45) is 11.8 Å². The lowest BCUT2D eigenvalue weighted by Gasteiger charge is -2.17. The van der Waals surface area contributed by atoms with Gasteiger partial charge in [-0.15, -0.1) is 0 Å². The number of nitrogen functional groups attached to an aromatic ring is 1. The number of rotatable bonds is 7. The Morgan fingerprint density at radius 3 is 2.59 bits per heavy atom. The number of nitrogens with one attached hydrogen (secondary N) is 1. The molecule has 0 aromatic carbocycles. The molecule has 7 nitrogen and oxygen atoms in total. The first-order valence-corrected chi connectivity index (χ1v) is 7.64. The van der Waals surface area contributed by atoms with Crippen molar-refractivity contribution in [2.75, 3.05) is 25.9 Å². The Labute approximate surface area is 129 Å². The molecule has 0 spiro atoms. The molecule has 0 atom stereocenters. The lowest BCUT2D eigenvalue weighted by Crippen LogP contribution is -2.39. The van der Waals surface area contributed by atoms with Crippen molar-refractivity contribution in [3.63, 3.8) is 0 Å². The van der Waals surface area contributed by atoms with E-state index in [1.54, 1.807) is 0 Å². The van der Waals surface area contributed by atoms with E-state index in [0.717, 1.165) is 6.54 Å². The summed E-state index contributed by atoms with van der Waals surface area (Å²) >= 11 is 0. The lowest BCUT2D eigenvalue weighted by molar-refractivity contribution is 0.0942. The van der Waals surface area contributed by atoms with Crippen molar-refractivity contribution >= 4 is 11.6 Å².